The fourth-order valence-electron chi connectivity index (χ4n) is 2.11. The zero-order valence-corrected chi connectivity index (χ0v) is 16.2. The van der Waals surface area contributed by atoms with Crippen molar-refractivity contribution in [3.63, 3.8) is 0 Å². The summed E-state index contributed by atoms with van der Waals surface area (Å²) in [7, 11) is -4.00. The van der Waals surface area contributed by atoms with E-state index in [0.717, 1.165) is 0 Å². The van der Waals surface area contributed by atoms with Crippen LogP contribution in [0.4, 0.5) is 24.5 Å². The highest BCUT2D eigenvalue weighted by molar-refractivity contribution is 7.92. The van der Waals surface area contributed by atoms with Crippen LogP contribution in [0, 0.1) is 6.92 Å². The van der Waals surface area contributed by atoms with E-state index in [2.05, 4.69) is 4.72 Å². The van der Waals surface area contributed by atoms with Gasteiger partial charge in [0.1, 0.15) is 4.90 Å². The van der Waals surface area contributed by atoms with E-state index >= 15 is 0 Å². The maximum atomic E-state index is 12.7. The van der Waals surface area contributed by atoms with E-state index in [-0.39, 0.29) is 26.9 Å². The number of hydrogen-bond donors (Lipinski definition) is 3. The average molecular weight is 437 g/mol. The molecule has 28 heavy (non-hydrogen) atoms. The van der Waals surface area contributed by atoms with Gasteiger partial charge in [0.25, 0.3) is 15.9 Å². The van der Waals surface area contributed by atoms with Crippen LogP contribution in [0.15, 0.2) is 47.4 Å². The minimum Gasteiger partial charge on any atom is -0.373 e. The van der Waals surface area contributed by atoms with Gasteiger partial charge in [-0.1, -0.05) is 23.7 Å². The van der Waals surface area contributed by atoms with Crippen LogP contribution < -0.4 is 10.0 Å². The van der Waals surface area contributed by atoms with Gasteiger partial charge in [0.2, 0.25) is 5.60 Å². The first-order valence-corrected chi connectivity index (χ1v) is 9.60. The molecule has 0 bridgehead atoms. The Balaban J connectivity index is 2.23. The number of halogens is 4. The largest absolute Gasteiger partial charge is 0.426 e. The van der Waals surface area contributed by atoms with Crippen molar-refractivity contribution in [3.8, 4) is 0 Å². The van der Waals surface area contributed by atoms with Crippen LogP contribution in [-0.4, -0.2) is 31.2 Å². The Morgan fingerprint density at radius 1 is 1.14 bits per heavy atom. The Labute approximate surface area is 164 Å². The van der Waals surface area contributed by atoms with Crippen LogP contribution in [0.3, 0.4) is 0 Å². The molecule has 11 heteroatoms. The van der Waals surface area contributed by atoms with Gasteiger partial charge in [-0.05, 0) is 49.7 Å². The number of anilines is 2. The predicted molar refractivity (Wildman–Crippen MR) is 98.7 cm³/mol. The van der Waals surface area contributed by atoms with Gasteiger partial charge in [-0.25, -0.2) is 8.42 Å². The summed E-state index contributed by atoms with van der Waals surface area (Å²) < 4.78 is 65.3. The number of carbonyl (C=O) groups is 1. The van der Waals surface area contributed by atoms with Gasteiger partial charge in [-0.3, -0.25) is 9.52 Å². The summed E-state index contributed by atoms with van der Waals surface area (Å²) in [5.74, 6) is -1.66. The van der Waals surface area contributed by atoms with E-state index < -0.39 is 27.7 Å². The topological polar surface area (TPSA) is 95.5 Å². The Morgan fingerprint density at radius 2 is 1.75 bits per heavy atom. The first-order valence-electron chi connectivity index (χ1n) is 7.74. The third kappa shape index (κ3) is 4.57. The second kappa shape index (κ2) is 7.61. The van der Waals surface area contributed by atoms with Crippen LogP contribution in [0.1, 0.15) is 12.5 Å². The minimum absolute atomic E-state index is 0.0183. The summed E-state index contributed by atoms with van der Waals surface area (Å²) in [6.45, 7) is 1.79. The molecule has 0 aromatic heterocycles. The standard InChI is InChI=1S/C17H16ClF3N2O4S/c1-10-9-11(23-28(26,27)14-6-4-3-5-12(14)18)7-8-13(10)22-15(24)16(2,25)17(19,20)21/h3-9,23,25H,1-2H3,(H,22,24). The van der Waals surface area contributed by atoms with Crippen LogP contribution in [0.5, 0.6) is 0 Å². The number of benzene rings is 2. The van der Waals surface area contributed by atoms with Crippen LogP contribution in [0.25, 0.3) is 0 Å². The van der Waals surface area contributed by atoms with Gasteiger partial charge >= 0.3 is 6.18 Å². The van der Waals surface area contributed by atoms with E-state index in [0.29, 0.717) is 6.92 Å². The Morgan fingerprint density at radius 3 is 2.29 bits per heavy atom. The molecule has 152 valence electrons. The van der Waals surface area contributed by atoms with E-state index in [1.54, 1.807) is 6.07 Å². The highest BCUT2D eigenvalue weighted by atomic mass is 35.5. The van der Waals surface area contributed by atoms with Gasteiger partial charge in [-0.2, -0.15) is 13.2 Å². The van der Waals surface area contributed by atoms with E-state index in [9.17, 15) is 31.5 Å². The number of alkyl halides is 3. The molecule has 1 atom stereocenters. The van der Waals surface area contributed by atoms with Crippen LogP contribution >= 0.6 is 11.6 Å². The molecule has 0 saturated carbocycles. The average Bonchev–Trinajstić information content (AvgIpc) is 2.56. The first-order chi connectivity index (χ1) is 12.8. The molecule has 1 amide bonds. The Bertz CT molecular complexity index is 1010. The van der Waals surface area contributed by atoms with Crippen LogP contribution in [0.2, 0.25) is 5.02 Å². The summed E-state index contributed by atoms with van der Waals surface area (Å²) in [4.78, 5) is 11.6. The molecule has 0 radical (unpaired) electrons. The number of sulfonamides is 1. The van der Waals surface area contributed by atoms with E-state index in [1.165, 1.54) is 43.3 Å². The molecule has 0 fully saturated rings. The van der Waals surface area contributed by atoms with Crippen molar-refractivity contribution in [3.05, 3.63) is 53.1 Å². The number of nitrogens with one attached hydrogen (secondary N) is 2. The van der Waals surface area contributed by atoms with Crippen molar-refractivity contribution in [2.75, 3.05) is 10.0 Å². The summed E-state index contributed by atoms with van der Waals surface area (Å²) >= 11 is 5.89. The molecule has 0 aliphatic rings. The monoisotopic (exact) mass is 436 g/mol. The lowest BCUT2D eigenvalue weighted by atomic mass is 10.1. The minimum atomic E-state index is -5.16. The number of hydrogen-bond acceptors (Lipinski definition) is 4. The maximum Gasteiger partial charge on any atom is 0.426 e. The van der Waals surface area contributed by atoms with Gasteiger partial charge in [0.15, 0.2) is 0 Å². The molecule has 0 aliphatic heterocycles. The SMILES string of the molecule is Cc1cc(NS(=O)(=O)c2ccccc2Cl)ccc1NC(=O)C(C)(O)C(F)(F)F. The van der Waals surface area contributed by atoms with Crippen molar-refractivity contribution < 1.29 is 31.5 Å². The molecular formula is C17H16ClF3N2O4S. The molecule has 2 rings (SSSR count). The number of aliphatic hydroxyl groups is 1. The lowest BCUT2D eigenvalue weighted by Crippen LogP contribution is -2.52. The third-order valence-corrected chi connectivity index (χ3v) is 5.73. The molecule has 0 aliphatic carbocycles. The maximum absolute atomic E-state index is 12.7. The van der Waals surface area contributed by atoms with Crippen molar-refractivity contribution in [1.29, 1.82) is 0 Å². The zero-order chi connectivity index (χ0) is 21.3. The molecular weight excluding hydrogens is 421 g/mol. The quantitative estimate of drug-likeness (QED) is 0.666. The van der Waals surface area contributed by atoms with Crippen molar-refractivity contribution in [2.24, 2.45) is 0 Å². The lowest BCUT2D eigenvalue weighted by molar-refractivity contribution is -0.242. The third-order valence-electron chi connectivity index (χ3n) is 3.85. The number of amides is 1. The summed E-state index contributed by atoms with van der Waals surface area (Å²) in [5, 5.41) is 11.4. The van der Waals surface area contributed by atoms with Gasteiger partial charge < -0.3 is 10.4 Å². The summed E-state index contributed by atoms with van der Waals surface area (Å²) in [6.07, 6.45) is -5.16. The van der Waals surface area contributed by atoms with Gasteiger partial charge in [0, 0.05) is 11.4 Å². The molecule has 2 aromatic carbocycles. The van der Waals surface area contributed by atoms with Crippen LogP contribution in [-0.2, 0) is 14.8 Å². The number of rotatable bonds is 5. The normalized spacial score (nSPS) is 14.2. The van der Waals surface area contributed by atoms with Gasteiger partial charge in [-0.15, -0.1) is 0 Å². The Kier molecular flexibility index (Phi) is 5.98. The van der Waals surface area contributed by atoms with Gasteiger partial charge in [0.05, 0.1) is 5.02 Å². The fourth-order valence-corrected chi connectivity index (χ4v) is 3.68. The molecule has 0 heterocycles. The zero-order valence-electron chi connectivity index (χ0n) is 14.6. The van der Waals surface area contributed by atoms with Crippen molar-refractivity contribution in [2.45, 2.75) is 30.5 Å². The summed E-state index contributed by atoms with van der Waals surface area (Å²) in [6, 6.07) is 9.56. The molecule has 0 saturated heterocycles. The smallest absolute Gasteiger partial charge is 0.373 e. The first kappa shape index (κ1) is 22.0. The molecule has 2 aromatic rings. The molecule has 3 N–H and O–H groups in total. The highest BCUT2D eigenvalue weighted by Gasteiger charge is 2.55. The predicted octanol–water partition coefficient (Wildman–Crippen LogP) is 3.70. The number of carbonyl (C=O) groups excluding carboxylic acids is 1. The van der Waals surface area contributed by atoms with Crippen molar-refractivity contribution in [1.82, 2.24) is 0 Å². The van der Waals surface area contributed by atoms with E-state index in [1.807, 2.05) is 5.32 Å². The highest BCUT2D eigenvalue weighted by Crippen LogP contribution is 2.32. The second-order valence-corrected chi connectivity index (χ2v) is 8.15. The van der Waals surface area contributed by atoms with Crippen molar-refractivity contribution >= 4 is 38.9 Å². The molecule has 0 spiro atoms. The fraction of sp³-hybridized carbons (Fsp3) is 0.235. The summed E-state index contributed by atoms with van der Waals surface area (Å²) in [5.41, 5.74) is -3.22. The molecule has 1 unspecified atom stereocenters. The molecule has 6 nitrogen and oxygen atoms in total. The lowest BCUT2D eigenvalue weighted by Gasteiger charge is -2.25. The Hall–Kier alpha value is -2.30. The number of aryl methyl sites for hydroxylation is 1. The van der Waals surface area contributed by atoms with E-state index in [4.69, 9.17) is 11.6 Å². The second-order valence-electron chi connectivity index (χ2n) is 6.09.